The van der Waals surface area contributed by atoms with Gasteiger partial charge in [-0.15, -0.1) is 0 Å². The molecule has 9 heteroatoms. The number of carbonyl (C=O) groups excluding carboxylic acids is 3. The quantitative estimate of drug-likeness (QED) is 0.653. The predicted molar refractivity (Wildman–Crippen MR) is 118 cm³/mol. The van der Waals surface area contributed by atoms with Crippen LogP contribution in [0.1, 0.15) is 27.6 Å². The van der Waals surface area contributed by atoms with Crippen LogP contribution >= 0.6 is 23.2 Å². The van der Waals surface area contributed by atoms with E-state index >= 15 is 0 Å². The number of anilines is 1. The van der Waals surface area contributed by atoms with Gasteiger partial charge in [0.05, 0.1) is 28.3 Å². The van der Waals surface area contributed by atoms with E-state index in [1.165, 1.54) is 12.1 Å². The van der Waals surface area contributed by atoms with E-state index in [4.69, 9.17) is 27.9 Å². The van der Waals surface area contributed by atoms with Crippen LogP contribution in [0.3, 0.4) is 0 Å². The Bertz CT molecular complexity index is 1010. The van der Waals surface area contributed by atoms with Gasteiger partial charge in [-0.2, -0.15) is 0 Å². The van der Waals surface area contributed by atoms with Crippen LogP contribution in [0.15, 0.2) is 36.4 Å². The number of ether oxygens (including phenoxy) is 1. The third-order valence-corrected chi connectivity index (χ3v) is 6.45. The van der Waals surface area contributed by atoms with E-state index in [0.717, 1.165) is 16.3 Å². The van der Waals surface area contributed by atoms with Crippen LogP contribution in [0.25, 0.3) is 0 Å². The Labute approximate surface area is 190 Å². The van der Waals surface area contributed by atoms with Crippen molar-refractivity contribution in [2.75, 3.05) is 38.2 Å². The number of halogens is 2. The summed E-state index contributed by atoms with van der Waals surface area (Å²) in [6.45, 7) is 3.87. The van der Waals surface area contributed by atoms with Gasteiger partial charge in [-0.25, -0.2) is 0 Å². The summed E-state index contributed by atoms with van der Waals surface area (Å²) in [5.74, 6) is -0.538. The van der Waals surface area contributed by atoms with Crippen molar-refractivity contribution < 1.29 is 19.1 Å². The molecule has 2 heterocycles. The number of methoxy groups -OCH3 is 1. The zero-order valence-electron chi connectivity index (χ0n) is 17.1. The molecule has 4 rings (SSSR count). The number of benzene rings is 2. The lowest BCUT2D eigenvalue weighted by atomic mass is 10.1. The highest BCUT2D eigenvalue weighted by molar-refractivity contribution is 6.43. The number of carbonyl (C=O) groups is 3. The second-order valence-electron chi connectivity index (χ2n) is 7.48. The van der Waals surface area contributed by atoms with Crippen LogP contribution in [-0.2, 0) is 4.79 Å². The Hall–Kier alpha value is -2.77. The van der Waals surface area contributed by atoms with Gasteiger partial charge in [-0.05, 0) is 43.3 Å². The molecule has 1 fully saturated rings. The molecule has 0 aliphatic carbocycles. The molecule has 2 aromatic carbocycles. The summed E-state index contributed by atoms with van der Waals surface area (Å²) in [6.07, 6.45) is 0. The van der Waals surface area contributed by atoms with Crippen molar-refractivity contribution in [2.24, 2.45) is 0 Å². The van der Waals surface area contributed by atoms with Crippen molar-refractivity contribution in [1.29, 1.82) is 0 Å². The first-order chi connectivity index (χ1) is 14.8. The number of hydrogen-bond donors (Lipinski definition) is 0. The first kappa shape index (κ1) is 21.5. The largest absolute Gasteiger partial charge is 0.497 e. The van der Waals surface area contributed by atoms with Gasteiger partial charge in [0.2, 0.25) is 5.91 Å². The molecule has 1 saturated heterocycles. The lowest BCUT2D eigenvalue weighted by Crippen LogP contribution is -2.55. The molecule has 1 atom stereocenters. The second-order valence-corrected chi connectivity index (χ2v) is 8.29. The van der Waals surface area contributed by atoms with Gasteiger partial charge in [0, 0.05) is 31.9 Å². The molecule has 3 amide bonds. The van der Waals surface area contributed by atoms with Gasteiger partial charge in [-0.1, -0.05) is 23.2 Å². The van der Waals surface area contributed by atoms with E-state index in [2.05, 4.69) is 4.90 Å². The zero-order valence-corrected chi connectivity index (χ0v) is 18.6. The summed E-state index contributed by atoms with van der Waals surface area (Å²) >= 11 is 12.0. The zero-order chi connectivity index (χ0) is 22.3. The fourth-order valence-electron chi connectivity index (χ4n) is 3.96. The van der Waals surface area contributed by atoms with E-state index in [9.17, 15) is 14.4 Å². The van der Waals surface area contributed by atoms with Gasteiger partial charge in [0.25, 0.3) is 11.8 Å². The standard InChI is InChI=1S/C22H21Cl2N3O4/c1-13(27-21(29)16-11-18(23)19(24)12-17(16)22(27)30)20(28)26-9-7-25(8-10-26)14-3-5-15(31-2)6-4-14/h3-6,11-13H,7-10H2,1-2H3/t13-/m1/s1. The Morgan fingerprint density at radius 3 is 1.94 bits per heavy atom. The third-order valence-electron chi connectivity index (χ3n) is 5.73. The molecule has 0 unspecified atom stereocenters. The summed E-state index contributed by atoms with van der Waals surface area (Å²) in [4.78, 5) is 43.6. The number of piperazine rings is 1. The van der Waals surface area contributed by atoms with Crippen molar-refractivity contribution >= 4 is 46.6 Å². The summed E-state index contributed by atoms with van der Waals surface area (Å²) in [5, 5.41) is 0.383. The van der Waals surface area contributed by atoms with Crippen molar-refractivity contribution in [3.8, 4) is 5.75 Å². The number of rotatable bonds is 4. The molecule has 2 aromatic rings. The van der Waals surface area contributed by atoms with Crippen LogP contribution in [0.5, 0.6) is 5.75 Å². The Morgan fingerprint density at radius 2 is 1.45 bits per heavy atom. The fraction of sp³-hybridized carbons (Fsp3) is 0.318. The van der Waals surface area contributed by atoms with E-state index in [1.54, 1.807) is 18.9 Å². The molecule has 162 valence electrons. The van der Waals surface area contributed by atoms with E-state index < -0.39 is 17.9 Å². The fourth-order valence-corrected chi connectivity index (χ4v) is 4.28. The lowest BCUT2D eigenvalue weighted by Gasteiger charge is -2.38. The van der Waals surface area contributed by atoms with E-state index in [0.29, 0.717) is 26.2 Å². The number of nitrogens with zero attached hydrogens (tertiary/aromatic N) is 3. The third kappa shape index (κ3) is 3.83. The highest BCUT2D eigenvalue weighted by atomic mass is 35.5. The highest BCUT2D eigenvalue weighted by Gasteiger charge is 2.42. The average molecular weight is 462 g/mol. The molecule has 0 radical (unpaired) electrons. The Morgan fingerprint density at radius 1 is 0.935 bits per heavy atom. The molecule has 2 aliphatic rings. The smallest absolute Gasteiger partial charge is 0.262 e. The first-order valence-corrected chi connectivity index (χ1v) is 10.6. The van der Waals surface area contributed by atoms with Gasteiger partial charge in [-0.3, -0.25) is 19.3 Å². The van der Waals surface area contributed by atoms with E-state index in [-0.39, 0.29) is 27.1 Å². The van der Waals surface area contributed by atoms with Gasteiger partial charge in [0.15, 0.2) is 0 Å². The molecule has 0 spiro atoms. The van der Waals surface area contributed by atoms with Crippen LogP contribution in [0, 0.1) is 0 Å². The predicted octanol–water partition coefficient (Wildman–Crippen LogP) is 3.34. The average Bonchev–Trinajstić information content (AvgIpc) is 3.02. The first-order valence-electron chi connectivity index (χ1n) is 9.86. The van der Waals surface area contributed by atoms with Crippen LogP contribution in [-0.4, -0.2) is 66.9 Å². The lowest BCUT2D eigenvalue weighted by molar-refractivity contribution is -0.135. The van der Waals surface area contributed by atoms with E-state index in [1.807, 2.05) is 24.3 Å². The topological polar surface area (TPSA) is 70.2 Å². The summed E-state index contributed by atoms with van der Waals surface area (Å²) < 4.78 is 5.19. The van der Waals surface area contributed by atoms with Crippen molar-refractivity contribution in [2.45, 2.75) is 13.0 Å². The maximum atomic E-state index is 13.1. The minimum absolute atomic E-state index is 0.170. The molecular weight excluding hydrogens is 441 g/mol. The number of amides is 3. The number of imide groups is 1. The van der Waals surface area contributed by atoms with Crippen molar-refractivity contribution in [1.82, 2.24) is 9.80 Å². The van der Waals surface area contributed by atoms with Gasteiger partial charge < -0.3 is 14.5 Å². The molecule has 0 N–H and O–H groups in total. The molecular formula is C22H21Cl2N3O4. The van der Waals surface area contributed by atoms with Gasteiger partial charge >= 0.3 is 0 Å². The highest BCUT2D eigenvalue weighted by Crippen LogP contribution is 2.32. The summed E-state index contributed by atoms with van der Waals surface area (Å²) in [7, 11) is 1.62. The molecule has 7 nitrogen and oxygen atoms in total. The molecule has 0 bridgehead atoms. The van der Waals surface area contributed by atoms with Gasteiger partial charge in [0.1, 0.15) is 11.8 Å². The Kier molecular flexibility index (Phi) is 5.81. The summed E-state index contributed by atoms with van der Waals surface area (Å²) in [6, 6.07) is 9.60. The SMILES string of the molecule is COc1ccc(N2CCN(C(=O)[C@@H](C)N3C(=O)c4cc(Cl)c(Cl)cc4C3=O)CC2)cc1. The maximum absolute atomic E-state index is 13.1. The number of hydrogen-bond acceptors (Lipinski definition) is 5. The van der Waals surface area contributed by atoms with Crippen LogP contribution < -0.4 is 9.64 Å². The molecule has 0 saturated carbocycles. The monoisotopic (exact) mass is 461 g/mol. The Balaban J connectivity index is 1.43. The van der Waals surface area contributed by atoms with Crippen molar-refractivity contribution in [3.05, 3.63) is 57.6 Å². The molecule has 0 aromatic heterocycles. The normalized spacial score (nSPS) is 17.1. The number of fused-ring (bicyclic) bond motifs is 1. The molecule has 2 aliphatic heterocycles. The summed E-state index contributed by atoms with van der Waals surface area (Å²) in [5.41, 5.74) is 1.39. The van der Waals surface area contributed by atoms with Crippen LogP contribution in [0.2, 0.25) is 10.0 Å². The van der Waals surface area contributed by atoms with Crippen molar-refractivity contribution in [3.63, 3.8) is 0 Å². The molecule has 31 heavy (non-hydrogen) atoms. The second kappa shape index (κ2) is 8.40. The minimum Gasteiger partial charge on any atom is -0.497 e. The van der Waals surface area contributed by atoms with Crippen LogP contribution in [0.4, 0.5) is 5.69 Å². The minimum atomic E-state index is -0.919. The maximum Gasteiger partial charge on any atom is 0.262 e.